The van der Waals surface area contributed by atoms with E-state index in [0.29, 0.717) is 5.56 Å². The molecule has 5 heteroatoms. The average molecular weight is 281 g/mol. The molecule has 0 aliphatic heterocycles. The summed E-state index contributed by atoms with van der Waals surface area (Å²) < 4.78 is 6.65. The minimum absolute atomic E-state index is 0.0704. The molecule has 2 heterocycles. The average Bonchev–Trinajstić information content (AvgIpc) is 2.84. The summed E-state index contributed by atoms with van der Waals surface area (Å²) in [6, 6.07) is 11.1. The number of hydrogen-bond donors (Lipinski definition) is 1. The highest BCUT2D eigenvalue weighted by Crippen LogP contribution is 2.20. The Kier molecular flexibility index (Phi) is 3.31. The van der Waals surface area contributed by atoms with Crippen molar-refractivity contribution in [3.05, 3.63) is 64.7 Å². The summed E-state index contributed by atoms with van der Waals surface area (Å²) in [6.45, 7) is 1.81. The van der Waals surface area contributed by atoms with Gasteiger partial charge in [-0.25, -0.2) is 4.68 Å². The van der Waals surface area contributed by atoms with Crippen LogP contribution in [0, 0.1) is 6.92 Å². The molecule has 0 saturated heterocycles. The molecule has 0 saturated carbocycles. The summed E-state index contributed by atoms with van der Waals surface area (Å²) in [5.74, 6) is 0.752. The second kappa shape index (κ2) is 5.28. The van der Waals surface area contributed by atoms with Gasteiger partial charge in [-0.3, -0.25) is 14.9 Å². The van der Waals surface area contributed by atoms with Gasteiger partial charge in [0.25, 0.3) is 5.56 Å². The van der Waals surface area contributed by atoms with Crippen LogP contribution in [0.5, 0.6) is 5.75 Å². The molecule has 1 aromatic carbocycles. The van der Waals surface area contributed by atoms with Crippen LogP contribution in [0.25, 0.3) is 16.9 Å². The Morgan fingerprint density at radius 3 is 2.57 bits per heavy atom. The molecule has 3 aromatic rings. The van der Waals surface area contributed by atoms with Gasteiger partial charge >= 0.3 is 0 Å². The molecule has 0 aliphatic carbocycles. The van der Waals surface area contributed by atoms with Crippen molar-refractivity contribution in [3.8, 4) is 22.7 Å². The van der Waals surface area contributed by atoms with Crippen LogP contribution in [-0.4, -0.2) is 21.9 Å². The van der Waals surface area contributed by atoms with Crippen LogP contribution in [0.2, 0.25) is 0 Å². The van der Waals surface area contributed by atoms with Crippen LogP contribution in [-0.2, 0) is 0 Å². The SMILES string of the molecule is COc1ccc(-n2[nH]c(-c3cccnc3)c(C)c2=O)cc1. The van der Waals surface area contributed by atoms with E-state index in [-0.39, 0.29) is 5.56 Å². The maximum Gasteiger partial charge on any atom is 0.274 e. The molecular formula is C16H15N3O2. The summed E-state index contributed by atoms with van der Waals surface area (Å²) in [5.41, 5.74) is 3.03. The largest absolute Gasteiger partial charge is 0.497 e. The highest BCUT2D eigenvalue weighted by molar-refractivity contribution is 5.61. The second-order valence-corrected chi connectivity index (χ2v) is 4.69. The highest BCUT2D eigenvalue weighted by Gasteiger charge is 2.13. The third-order valence-electron chi connectivity index (χ3n) is 3.40. The molecule has 1 N–H and O–H groups in total. The number of nitrogens with one attached hydrogen (secondary N) is 1. The Morgan fingerprint density at radius 1 is 1.19 bits per heavy atom. The summed E-state index contributed by atoms with van der Waals surface area (Å²) in [6.07, 6.45) is 3.44. The van der Waals surface area contributed by atoms with Gasteiger partial charge in [0.15, 0.2) is 0 Å². The van der Waals surface area contributed by atoms with Gasteiger partial charge in [0.05, 0.1) is 18.5 Å². The Labute approximate surface area is 121 Å². The van der Waals surface area contributed by atoms with E-state index in [0.717, 1.165) is 22.7 Å². The Bertz CT molecular complexity index is 802. The van der Waals surface area contributed by atoms with Crippen molar-refractivity contribution in [1.82, 2.24) is 14.8 Å². The first-order valence-electron chi connectivity index (χ1n) is 6.57. The van der Waals surface area contributed by atoms with E-state index in [1.807, 2.05) is 36.4 Å². The van der Waals surface area contributed by atoms with Crippen LogP contribution >= 0.6 is 0 Å². The number of pyridine rings is 1. The first-order chi connectivity index (χ1) is 10.2. The molecular weight excluding hydrogens is 266 g/mol. The number of aromatic nitrogens is 3. The van der Waals surface area contributed by atoms with E-state index in [4.69, 9.17) is 4.74 Å². The van der Waals surface area contributed by atoms with Gasteiger partial charge in [0.1, 0.15) is 5.75 Å². The van der Waals surface area contributed by atoms with E-state index in [1.54, 1.807) is 26.4 Å². The molecule has 0 unspecified atom stereocenters. The van der Waals surface area contributed by atoms with E-state index in [2.05, 4.69) is 10.1 Å². The monoisotopic (exact) mass is 281 g/mol. The summed E-state index contributed by atoms with van der Waals surface area (Å²) in [5, 5.41) is 3.14. The number of aromatic amines is 1. The van der Waals surface area contributed by atoms with Crippen molar-refractivity contribution >= 4 is 0 Å². The fourth-order valence-corrected chi connectivity index (χ4v) is 2.23. The molecule has 5 nitrogen and oxygen atoms in total. The number of hydrogen-bond acceptors (Lipinski definition) is 3. The van der Waals surface area contributed by atoms with Crippen molar-refractivity contribution in [1.29, 1.82) is 0 Å². The normalized spacial score (nSPS) is 10.6. The molecule has 0 radical (unpaired) electrons. The summed E-state index contributed by atoms with van der Waals surface area (Å²) in [4.78, 5) is 16.5. The van der Waals surface area contributed by atoms with Crippen LogP contribution in [0.1, 0.15) is 5.56 Å². The second-order valence-electron chi connectivity index (χ2n) is 4.69. The minimum Gasteiger partial charge on any atom is -0.497 e. The number of H-pyrrole nitrogens is 1. The predicted molar refractivity (Wildman–Crippen MR) is 80.9 cm³/mol. The van der Waals surface area contributed by atoms with E-state index >= 15 is 0 Å². The van der Waals surface area contributed by atoms with E-state index < -0.39 is 0 Å². The third kappa shape index (κ3) is 2.33. The van der Waals surface area contributed by atoms with Crippen molar-refractivity contribution in [3.63, 3.8) is 0 Å². The lowest BCUT2D eigenvalue weighted by atomic mass is 10.1. The molecule has 0 bridgehead atoms. The minimum atomic E-state index is -0.0704. The van der Waals surface area contributed by atoms with Crippen LogP contribution < -0.4 is 10.3 Å². The van der Waals surface area contributed by atoms with Gasteiger partial charge < -0.3 is 4.74 Å². The van der Waals surface area contributed by atoms with E-state index in [1.165, 1.54) is 4.68 Å². The molecule has 106 valence electrons. The number of rotatable bonds is 3. The summed E-state index contributed by atoms with van der Waals surface area (Å²) in [7, 11) is 1.61. The van der Waals surface area contributed by atoms with Crippen LogP contribution in [0.3, 0.4) is 0 Å². The van der Waals surface area contributed by atoms with Crippen molar-refractivity contribution in [2.24, 2.45) is 0 Å². The predicted octanol–water partition coefficient (Wildman–Crippen LogP) is 2.54. The Morgan fingerprint density at radius 2 is 1.95 bits per heavy atom. The standard InChI is InChI=1S/C16H15N3O2/c1-11-15(12-4-3-9-17-10-12)18-19(16(11)20)13-5-7-14(21-2)8-6-13/h3-10,18H,1-2H3. The van der Waals surface area contributed by atoms with Gasteiger partial charge in [-0.05, 0) is 43.3 Å². The van der Waals surface area contributed by atoms with E-state index in [9.17, 15) is 4.79 Å². The molecule has 0 atom stereocenters. The topological polar surface area (TPSA) is 59.9 Å². The van der Waals surface area contributed by atoms with Crippen molar-refractivity contribution < 1.29 is 4.74 Å². The van der Waals surface area contributed by atoms with Crippen molar-refractivity contribution in [2.75, 3.05) is 7.11 Å². The lowest BCUT2D eigenvalue weighted by Crippen LogP contribution is -2.15. The number of benzene rings is 1. The fourth-order valence-electron chi connectivity index (χ4n) is 2.23. The summed E-state index contributed by atoms with van der Waals surface area (Å²) >= 11 is 0. The van der Waals surface area contributed by atoms with Gasteiger partial charge in [-0.1, -0.05) is 0 Å². The molecule has 3 rings (SSSR count). The highest BCUT2D eigenvalue weighted by atomic mass is 16.5. The zero-order valence-corrected chi connectivity index (χ0v) is 11.8. The maximum atomic E-state index is 12.4. The molecule has 0 aliphatic rings. The number of methoxy groups -OCH3 is 1. The zero-order chi connectivity index (χ0) is 14.8. The molecule has 0 amide bonds. The lowest BCUT2D eigenvalue weighted by molar-refractivity contribution is 0.414. The smallest absolute Gasteiger partial charge is 0.274 e. The first-order valence-corrected chi connectivity index (χ1v) is 6.57. The zero-order valence-electron chi connectivity index (χ0n) is 11.8. The Hall–Kier alpha value is -2.82. The number of nitrogens with zero attached hydrogens (tertiary/aromatic N) is 2. The first kappa shape index (κ1) is 13.2. The lowest BCUT2D eigenvalue weighted by Gasteiger charge is -2.04. The third-order valence-corrected chi connectivity index (χ3v) is 3.40. The van der Waals surface area contributed by atoms with Gasteiger partial charge in [0.2, 0.25) is 0 Å². The molecule has 0 spiro atoms. The fraction of sp³-hybridized carbons (Fsp3) is 0.125. The van der Waals surface area contributed by atoms with Gasteiger partial charge in [-0.15, -0.1) is 0 Å². The number of ether oxygens (including phenoxy) is 1. The van der Waals surface area contributed by atoms with Crippen LogP contribution in [0.4, 0.5) is 0 Å². The van der Waals surface area contributed by atoms with Gasteiger partial charge in [-0.2, -0.15) is 0 Å². The maximum absolute atomic E-state index is 12.4. The molecule has 21 heavy (non-hydrogen) atoms. The van der Waals surface area contributed by atoms with Crippen molar-refractivity contribution in [2.45, 2.75) is 6.92 Å². The quantitative estimate of drug-likeness (QED) is 0.802. The Balaban J connectivity index is 2.10. The molecule has 2 aromatic heterocycles. The van der Waals surface area contributed by atoms with Gasteiger partial charge in [0, 0.05) is 23.5 Å². The molecule has 0 fully saturated rings. The van der Waals surface area contributed by atoms with Crippen LogP contribution in [0.15, 0.2) is 53.6 Å².